The minimum absolute atomic E-state index is 0.0575. The lowest BCUT2D eigenvalue weighted by Crippen LogP contribution is -2.44. The second kappa shape index (κ2) is 10.6. The highest BCUT2D eigenvalue weighted by molar-refractivity contribution is 7.91. The van der Waals surface area contributed by atoms with Crippen LogP contribution in [0.25, 0.3) is 10.2 Å². The lowest BCUT2D eigenvalue weighted by atomic mass is 9.96. The maximum atomic E-state index is 13.8. The molecule has 188 valence electrons. The van der Waals surface area contributed by atoms with Gasteiger partial charge < -0.3 is 4.74 Å². The smallest absolute Gasteiger partial charge is 0.252 e. The van der Waals surface area contributed by atoms with Crippen molar-refractivity contribution >= 4 is 54.0 Å². The molecule has 8 nitrogen and oxygen atoms in total. The van der Waals surface area contributed by atoms with E-state index in [0.29, 0.717) is 48.4 Å². The number of rotatable bonds is 8. The van der Waals surface area contributed by atoms with Crippen molar-refractivity contribution in [2.24, 2.45) is 5.92 Å². The summed E-state index contributed by atoms with van der Waals surface area (Å²) in [6.07, 6.45) is 2.63. The predicted octanol–water partition coefficient (Wildman–Crippen LogP) is 4.79. The van der Waals surface area contributed by atoms with E-state index < -0.39 is 10.0 Å². The molecule has 11 heteroatoms. The number of carbonyl (C=O) groups excluding carboxylic acids is 1. The summed E-state index contributed by atoms with van der Waals surface area (Å²) in [4.78, 5) is 24.7. The van der Waals surface area contributed by atoms with E-state index in [1.54, 1.807) is 28.6 Å². The molecular formula is C25H26N4O4S3. The lowest BCUT2D eigenvalue weighted by molar-refractivity contribution is -0.123. The van der Waals surface area contributed by atoms with Gasteiger partial charge in [0.05, 0.1) is 29.1 Å². The molecule has 0 N–H and O–H groups in total. The normalized spacial score (nSPS) is 15.2. The third-order valence-corrected chi connectivity index (χ3v) is 10.4. The highest BCUT2D eigenvalue weighted by Gasteiger charge is 2.35. The molecule has 4 aromatic rings. The number of carbonyl (C=O) groups is 1. The topological polar surface area (TPSA) is 92.7 Å². The fraction of sp³-hybridized carbons (Fsp3) is 0.320. The van der Waals surface area contributed by atoms with Gasteiger partial charge in [-0.25, -0.2) is 13.4 Å². The second-order valence-electron chi connectivity index (χ2n) is 8.41. The summed E-state index contributed by atoms with van der Waals surface area (Å²) >= 11 is 2.65. The first-order valence-electron chi connectivity index (χ1n) is 11.7. The highest BCUT2D eigenvalue weighted by atomic mass is 32.2. The maximum Gasteiger partial charge on any atom is 0.252 e. The van der Waals surface area contributed by atoms with E-state index in [1.807, 2.05) is 43.3 Å². The van der Waals surface area contributed by atoms with Gasteiger partial charge in [-0.3, -0.25) is 14.7 Å². The molecule has 1 fully saturated rings. The number of pyridine rings is 1. The van der Waals surface area contributed by atoms with Gasteiger partial charge in [0.15, 0.2) is 5.13 Å². The van der Waals surface area contributed by atoms with Crippen LogP contribution in [0.2, 0.25) is 0 Å². The highest BCUT2D eigenvalue weighted by Crippen LogP contribution is 2.34. The Morgan fingerprint density at radius 1 is 1.17 bits per heavy atom. The molecule has 1 aliphatic heterocycles. The predicted molar refractivity (Wildman–Crippen MR) is 142 cm³/mol. The van der Waals surface area contributed by atoms with Crippen molar-refractivity contribution in [2.75, 3.05) is 24.6 Å². The van der Waals surface area contributed by atoms with E-state index >= 15 is 0 Å². The first-order valence-corrected chi connectivity index (χ1v) is 14.9. The van der Waals surface area contributed by atoms with Crippen molar-refractivity contribution in [1.82, 2.24) is 14.3 Å². The number of nitrogens with zero attached hydrogens (tertiary/aromatic N) is 4. The third kappa shape index (κ3) is 5.15. The molecule has 1 aromatic carbocycles. The summed E-state index contributed by atoms with van der Waals surface area (Å²) < 4.78 is 34.2. The van der Waals surface area contributed by atoms with Gasteiger partial charge in [-0.05, 0) is 61.5 Å². The zero-order valence-electron chi connectivity index (χ0n) is 19.7. The number of anilines is 1. The molecule has 0 bridgehead atoms. The quantitative estimate of drug-likeness (QED) is 0.318. The molecule has 1 saturated heterocycles. The Kier molecular flexibility index (Phi) is 7.33. The molecule has 0 aliphatic carbocycles. The molecule has 1 amide bonds. The average molecular weight is 543 g/mol. The number of thiophene rings is 1. The zero-order valence-corrected chi connectivity index (χ0v) is 22.2. The standard InChI is InChI=1S/C25H26N4O4S3/c1-2-33-20-8-9-21-22(16-20)35-25(27-21)29(17-19-6-3-4-12-26-19)24(30)18-10-13-28(14-11-18)36(31,32)23-7-5-15-34-23/h3-9,12,15-16,18H,2,10-11,13-14,17H2,1H3. The second-order valence-corrected chi connectivity index (χ2v) is 12.5. The van der Waals surface area contributed by atoms with Crippen LogP contribution in [0.15, 0.2) is 64.3 Å². The molecule has 0 unspecified atom stereocenters. The van der Waals surface area contributed by atoms with Crippen LogP contribution in [0.1, 0.15) is 25.5 Å². The van der Waals surface area contributed by atoms with Gasteiger partial charge in [0.25, 0.3) is 10.0 Å². The largest absolute Gasteiger partial charge is 0.494 e. The molecule has 0 spiro atoms. The van der Waals surface area contributed by atoms with Gasteiger partial charge >= 0.3 is 0 Å². The number of hydrogen-bond acceptors (Lipinski definition) is 8. The number of fused-ring (bicyclic) bond motifs is 1. The maximum absolute atomic E-state index is 13.8. The van der Waals surface area contributed by atoms with E-state index in [-0.39, 0.29) is 11.8 Å². The minimum Gasteiger partial charge on any atom is -0.494 e. The number of sulfonamides is 1. The lowest BCUT2D eigenvalue weighted by Gasteiger charge is -2.32. The SMILES string of the molecule is CCOc1ccc2nc(N(Cc3ccccn3)C(=O)C3CCN(S(=O)(=O)c4cccs4)CC3)sc2c1. The Labute approximate surface area is 218 Å². The molecular weight excluding hydrogens is 517 g/mol. The van der Waals surface area contributed by atoms with Crippen molar-refractivity contribution in [3.8, 4) is 5.75 Å². The monoisotopic (exact) mass is 542 g/mol. The number of piperidine rings is 1. The Hall–Kier alpha value is -2.86. The molecule has 3 aromatic heterocycles. The van der Waals surface area contributed by atoms with Gasteiger partial charge in [0.1, 0.15) is 9.96 Å². The fourth-order valence-electron chi connectivity index (χ4n) is 4.26. The average Bonchev–Trinajstić information content (AvgIpc) is 3.58. The van der Waals surface area contributed by atoms with Crippen LogP contribution in [-0.4, -0.2) is 48.3 Å². The first-order chi connectivity index (χ1) is 17.5. The molecule has 36 heavy (non-hydrogen) atoms. The first kappa shape index (κ1) is 24.8. The van der Waals surface area contributed by atoms with E-state index in [9.17, 15) is 13.2 Å². The van der Waals surface area contributed by atoms with E-state index in [4.69, 9.17) is 9.72 Å². The van der Waals surface area contributed by atoms with Crippen molar-refractivity contribution in [3.05, 3.63) is 65.8 Å². The molecule has 0 atom stereocenters. The number of amides is 1. The Morgan fingerprint density at radius 2 is 2.00 bits per heavy atom. The van der Waals surface area contributed by atoms with Crippen molar-refractivity contribution in [2.45, 2.75) is 30.5 Å². The van der Waals surface area contributed by atoms with E-state index in [0.717, 1.165) is 21.7 Å². The number of ether oxygens (including phenoxy) is 1. The zero-order chi connectivity index (χ0) is 25.1. The summed E-state index contributed by atoms with van der Waals surface area (Å²) in [6, 6.07) is 14.7. The Bertz CT molecular complexity index is 1430. The third-order valence-electron chi connectivity index (χ3n) is 6.10. The van der Waals surface area contributed by atoms with E-state index in [1.165, 1.54) is 27.0 Å². The molecule has 5 rings (SSSR count). The van der Waals surface area contributed by atoms with Crippen LogP contribution in [0.4, 0.5) is 5.13 Å². The van der Waals surface area contributed by atoms with Crippen molar-refractivity contribution in [3.63, 3.8) is 0 Å². The van der Waals surface area contributed by atoms with Crippen molar-refractivity contribution < 1.29 is 17.9 Å². The molecule has 1 aliphatic rings. The molecule has 0 radical (unpaired) electrons. The summed E-state index contributed by atoms with van der Waals surface area (Å²) in [5, 5.41) is 2.36. The number of hydrogen-bond donors (Lipinski definition) is 0. The molecule has 4 heterocycles. The summed E-state index contributed by atoms with van der Waals surface area (Å²) in [5.74, 6) is 0.412. The van der Waals surface area contributed by atoms with Crippen LogP contribution in [-0.2, 0) is 21.4 Å². The van der Waals surface area contributed by atoms with Crippen LogP contribution >= 0.6 is 22.7 Å². The minimum atomic E-state index is -3.52. The number of thiazole rings is 1. The van der Waals surface area contributed by atoms with Gasteiger partial charge in [-0.2, -0.15) is 4.31 Å². The van der Waals surface area contributed by atoms with Crippen LogP contribution in [0.3, 0.4) is 0 Å². The number of aromatic nitrogens is 2. The van der Waals surface area contributed by atoms with Crippen LogP contribution in [0.5, 0.6) is 5.75 Å². The summed E-state index contributed by atoms with van der Waals surface area (Å²) in [7, 11) is -3.52. The molecule has 0 saturated carbocycles. The number of benzene rings is 1. The fourth-order valence-corrected chi connectivity index (χ4v) is 7.87. The van der Waals surface area contributed by atoms with Gasteiger partial charge in [0.2, 0.25) is 5.91 Å². The van der Waals surface area contributed by atoms with Gasteiger partial charge in [-0.15, -0.1) is 11.3 Å². The Morgan fingerprint density at radius 3 is 2.69 bits per heavy atom. The summed E-state index contributed by atoms with van der Waals surface area (Å²) in [6.45, 7) is 3.43. The van der Waals surface area contributed by atoms with Gasteiger partial charge in [0, 0.05) is 25.2 Å². The van der Waals surface area contributed by atoms with Crippen molar-refractivity contribution in [1.29, 1.82) is 0 Å². The van der Waals surface area contributed by atoms with Crippen LogP contribution < -0.4 is 9.64 Å². The summed E-state index contributed by atoms with van der Waals surface area (Å²) in [5.41, 5.74) is 1.56. The van der Waals surface area contributed by atoms with Gasteiger partial charge in [-0.1, -0.05) is 23.5 Å². The Balaban J connectivity index is 1.38. The van der Waals surface area contributed by atoms with Crippen LogP contribution in [0, 0.1) is 5.92 Å². The van der Waals surface area contributed by atoms with E-state index in [2.05, 4.69) is 4.98 Å².